The molecule has 0 N–H and O–H groups in total. The second kappa shape index (κ2) is 5.60. The SMILES string of the molecule is COc1ccc(N(C)c2nc(C)nc3ccccc23)c(F)c1. The average molecular weight is 297 g/mol. The lowest BCUT2D eigenvalue weighted by molar-refractivity contribution is 0.411. The Morgan fingerprint density at radius 3 is 2.59 bits per heavy atom. The van der Waals surface area contributed by atoms with Crippen molar-refractivity contribution in [1.29, 1.82) is 0 Å². The predicted octanol–water partition coefficient (Wildman–Crippen LogP) is 3.85. The summed E-state index contributed by atoms with van der Waals surface area (Å²) in [4.78, 5) is 10.6. The summed E-state index contributed by atoms with van der Waals surface area (Å²) in [6, 6.07) is 12.5. The van der Waals surface area contributed by atoms with Gasteiger partial charge in [0.1, 0.15) is 17.4 Å². The first-order valence-corrected chi connectivity index (χ1v) is 6.91. The topological polar surface area (TPSA) is 38.2 Å². The summed E-state index contributed by atoms with van der Waals surface area (Å²) >= 11 is 0. The Morgan fingerprint density at radius 2 is 1.86 bits per heavy atom. The van der Waals surface area contributed by atoms with Gasteiger partial charge in [-0.15, -0.1) is 0 Å². The van der Waals surface area contributed by atoms with Gasteiger partial charge in [0.05, 0.1) is 18.3 Å². The number of fused-ring (bicyclic) bond motifs is 1. The molecule has 0 amide bonds. The van der Waals surface area contributed by atoms with Crippen LogP contribution >= 0.6 is 0 Å². The fourth-order valence-electron chi connectivity index (χ4n) is 2.43. The van der Waals surface area contributed by atoms with Crippen LogP contribution in [0.2, 0.25) is 0 Å². The van der Waals surface area contributed by atoms with Crippen LogP contribution in [0.4, 0.5) is 15.9 Å². The number of ether oxygens (including phenoxy) is 1. The molecule has 22 heavy (non-hydrogen) atoms. The standard InChI is InChI=1S/C17H16FN3O/c1-11-19-15-7-5-4-6-13(15)17(20-11)21(2)16-9-8-12(22-3)10-14(16)18/h4-10H,1-3H3. The summed E-state index contributed by atoms with van der Waals surface area (Å²) < 4.78 is 19.3. The zero-order chi connectivity index (χ0) is 15.7. The molecule has 0 aliphatic heterocycles. The van der Waals surface area contributed by atoms with E-state index in [1.54, 1.807) is 24.1 Å². The van der Waals surface area contributed by atoms with Gasteiger partial charge in [-0.05, 0) is 31.2 Å². The van der Waals surface area contributed by atoms with Crippen molar-refractivity contribution in [2.75, 3.05) is 19.1 Å². The van der Waals surface area contributed by atoms with Crippen molar-refractivity contribution < 1.29 is 9.13 Å². The molecule has 0 atom stereocenters. The van der Waals surface area contributed by atoms with E-state index in [9.17, 15) is 4.39 Å². The minimum absolute atomic E-state index is 0.359. The Morgan fingerprint density at radius 1 is 1.09 bits per heavy atom. The second-order valence-electron chi connectivity index (χ2n) is 4.99. The summed E-state index contributed by atoms with van der Waals surface area (Å²) in [6.07, 6.45) is 0. The highest BCUT2D eigenvalue weighted by atomic mass is 19.1. The highest BCUT2D eigenvalue weighted by Gasteiger charge is 2.15. The molecule has 0 saturated carbocycles. The first-order valence-electron chi connectivity index (χ1n) is 6.91. The number of aryl methyl sites for hydroxylation is 1. The maximum atomic E-state index is 14.3. The van der Waals surface area contributed by atoms with Crippen LogP contribution in [0.3, 0.4) is 0 Å². The van der Waals surface area contributed by atoms with Crippen LogP contribution in [0.15, 0.2) is 42.5 Å². The van der Waals surface area contributed by atoms with Gasteiger partial charge in [0.2, 0.25) is 0 Å². The largest absolute Gasteiger partial charge is 0.497 e. The van der Waals surface area contributed by atoms with Crippen molar-refractivity contribution in [3.8, 4) is 5.75 Å². The normalized spacial score (nSPS) is 10.7. The number of methoxy groups -OCH3 is 1. The quantitative estimate of drug-likeness (QED) is 0.736. The van der Waals surface area contributed by atoms with E-state index in [4.69, 9.17) is 4.74 Å². The molecular formula is C17H16FN3O. The molecule has 1 aromatic heterocycles. The third kappa shape index (κ3) is 2.45. The molecule has 3 aromatic rings. The lowest BCUT2D eigenvalue weighted by Gasteiger charge is -2.21. The molecule has 112 valence electrons. The zero-order valence-corrected chi connectivity index (χ0v) is 12.7. The van der Waals surface area contributed by atoms with E-state index in [2.05, 4.69) is 9.97 Å². The second-order valence-corrected chi connectivity index (χ2v) is 4.99. The lowest BCUT2D eigenvalue weighted by Crippen LogP contribution is -2.14. The number of hydrogen-bond acceptors (Lipinski definition) is 4. The van der Waals surface area contributed by atoms with E-state index in [0.29, 0.717) is 23.1 Å². The van der Waals surface area contributed by atoms with Gasteiger partial charge in [-0.1, -0.05) is 12.1 Å². The van der Waals surface area contributed by atoms with Gasteiger partial charge in [0.15, 0.2) is 5.82 Å². The molecular weight excluding hydrogens is 281 g/mol. The van der Waals surface area contributed by atoms with E-state index >= 15 is 0 Å². The van der Waals surface area contributed by atoms with Crippen LogP contribution in [0.1, 0.15) is 5.82 Å². The third-order valence-electron chi connectivity index (χ3n) is 3.53. The number of nitrogens with zero attached hydrogens (tertiary/aromatic N) is 3. The number of halogens is 1. The van der Waals surface area contributed by atoms with Crippen LogP contribution in [0.5, 0.6) is 5.75 Å². The lowest BCUT2D eigenvalue weighted by atomic mass is 10.2. The summed E-state index contributed by atoms with van der Waals surface area (Å²) in [5.41, 5.74) is 1.27. The fourth-order valence-corrected chi connectivity index (χ4v) is 2.43. The van der Waals surface area contributed by atoms with Gasteiger partial charge in [-0.3, -0.25) is 0 Å². The van der Waals surface area contributed by atoms with Crippen molar-refractivity contribution in [1.82, 2.24) is 9.97 Å². The predicted molar refractivity (Wildman–Crippen MR) is 85.3 cm³/mol. The monoisotopic (exact) mass is 297 g/mol. The van der Waals surface area contributed by atoms with E-state index < -0.39 is 0 Å². The Hall–Kier alpha value is -2.69. The molecule has 0 radical (unpaired) electrons. The summed E-state index contributed by atoms with van der Waals surface area (Å²) in [5, 5.41) is 0.880. The van der Waals surface area contributed by atoms with Crippen molar-refractivity contribution in [2.45, 2.75) is 6.92 Å². The molecule has 0 aliphatic rings. The van der Waals surface area contributed by atoms with Gasteiger partial charge in [0.25, 0.3) is 0 Å². The highest BCUT2D eigenvalue weighted by Crippen LogP contribution is 2.31. The smallest absolute Gasteiger partial charge is 0.150 e. The molecule has 0 saturated heterocycles. The number of aromatic nitrogens is 2. The van der Waals surface area contributed by atoms with E-state index in [-0.39, 0.29) is 5.82 Å². The summed E-state index contributed by atoms with van der Waals surface area (Å²) in [5.74, 6) is 1.45. The van der Waals surface area contributed by atoms with Gasteiger partial charge in [0, 0.05) is 18.5 Å². The molecule has 3 rings (SSSR count). The van der Waals surface area contributed by atoms with Crippen molar-refractivity contribution in [2.24, 2.45) is 0 Å². The number of anilines is 2. The number of benzene rings is 2. The molecule has 4 nitrogen and oxygen atoms in total. The third-order valence-corrected chi connectivity index (χ3v) is 3.53. The van der Waals surface area contributed by atoms with Gasteiger partial charge < -0.3 is 9.64 Å². The van der Waals surface area contributed by atoms with Gasteiger partial charge in [-0.2, -0.15) is 0 Å². The molecule has 0 fully saturated rings. The summed E-state index contributed by atoms with van der Waals surface area (Å²) in [7, 11) is 3.30. The maximum Gasteiger partial charge on any atom is 0.150 e. The highest BCUT2D eigenvalue weighted by molar-refractivity contribution is 5.91. The average Bonchev–Trinajstić information content (AvgIpc) is 2.53. The Balaban J connectivity index is 2.15. The zero-order valence-electron chi connectivity index (χ0n) is 12.7. The van der Waals surface area contributed by atoms with E-state index in [1.807, 2.05) is 31.2 Å². The van der Waals surface area contributed by atoms with Crippen molar-refractivity contribution >= 4 is 22.4 Å². The minimum Gasteiger partial charge on any atom is -0.497 e. The summed E-state index contributed by atoms with van der Waals surface area (Å²) in [6.45, 7) is 1.83. The Labute approximate surface area is 128 Å². The number of rotatable bonds is 3. The molecule has 0 unspecified atom stereocenters. The first-order chi connectivity index (χ1) is 10.6. The van der Waals surface area contributed by atoms with Crippen LogP contribution in [-0.2, 0) is 0 Å². The Kier molecular flexibility index (Phi) is 3.63. The van der Waals surface area contributed by atoms with Crippen LogP contribution in [0.25, 0.3) is 10.9 Å². The van der Waals surface area contributed by atoms with Gasteiger partial charge in [-0.25, -0.2) is 14.4 Å². The Bertz CT molecular complexity index is 835. The molecule has 0 aliphatic carbocycles. The van der Waals surface area contributed by atoms with Crippen LogP contribution in [-0.4, -0.2) is 24.1 Å². The van der Waals surface area contributed by atoms with Crippen LogP contribution < -0.4 is 9.64 Å². The van der Waals surface area contributed by atoms with Gasteiger partial charge >= 0.3 is 0 Å². The minimum atomic E-state index is -0.359. The fraction of sp³-hybridized carbons (Fsp3) is 0.176. The molecule has 0 bridgehead atoms. The molecule has 5 heteroatoms. The number of para-hydroxylation sites is 1. The van der Waals surface area contributed by atoms with Crippen LogP contribution in [0, 0.1) is 12.7 Å². The molecule has 2 aromatic carbocycles. The maximum absolute atomic E-state index is 14.3. The van der Waals surface area contributed by atoms with E-state index in [1.165, 1.54) is 13.2 Å². The molecule has 1 heterocycles. The molecule has 0 spiro atoms. The van der Waals surface area contributed by atoms with Crippen molar-refractivity contribution in [3.05, 3.63) is 54.1 Å². The van der Waals surface area contributed by atoms with E-state index in [0.717, 1.165) is 10.9 Å². The number of hydrogen-bond donors (Lipinski definition) is 0. The first kappa shape index (κ1) is 14.3. The van der Waals surface area contributed by atoms with Crippen molar-refractivity contribution in [3.63, 3.8) is 0 Å².